The smallest absolute Gasteiger partial charge is 0.205 e. The van der Waals surface area contributed by atoms with Crippen molar-refractivity contribution in [3.8, 4) is 0 Å². The van der Waals surface area contributed by atoms with Gasteiger partial charge in [-0.3, -0.25) is 4.79 Å². The molecular weight excluding hydrogens is 486 g/mol. The number of Topliss-reactive ketones (excluding diaryl/α,β-unsaturated/α-hetero) is 1. The number of halogens is 2. The van der Waals surface area contributed by atoms with Crippen LogP contribution in [0.4, 0.5) is 0 Å². The average molecular weight is 506 g/mol. The Labute approximate surface area is 154 Å². The van der Waals surface area contributed by atoms with Gasteiger partial charge in [-0.15, -0.1) is 0 Å². The molecule has 3 heteroatoms. The van der Waals surface area contributed by atoms with Crippen molar-refractivity contribution in [2.24, 2.45) is 0 Å². The molecule has 0 aromatic heterocycles. The van der Waals surface area contributed by atoms with Crippen LogP contribution in [-0.4, -0.2) is 5.78 Å². The number of carbonyl (C=O) groups excluding carboxylic acids is 1. The van der Waals surface area contributed by atoms with Crippen LogP contribution in [0.2, 0.25) is 0 Å². The molecule has 1 aliphatic rings. The Morgan fingerprint density at radius 1 is 1.05 bits per heavy atom. The highest BCUT2D eigenvalue weighted by atomic mass is 127. The highest BCUT2D eigenvalue weighted by molar-refractivity contribution is 14.1. The molecule has 0 radical (unpaired) electrons. The number of aryl methyl sites for hydroxylation is 1. The summed E-state index contributed by atoms with van der Waals surface area (Å²) in [6.45, 7) is 8.29. The Morgan fingerprint density at radius 3 is 2.10 bits per heavy atom. The van der Waals surface area contributed by atoms with E-state index < -0.39 is 0 Å². The van der Waals surface area contributed by atoms with Gasteiger partial charge in [-0.1, -0.05) is 45.0 Å². The Morgan fingerprint density at radius 2 is 1.57 bits per heavy atom. The number of carbonyl (C=O) groups is 1. The van der Waals surface area contributed by atoms with Gasteiger partial charge in [-0.05, 0) is 93.0 Å². The summed E-state index contributed by atoms with van der Waals surface area (Å²) >= 11 is 4.23. The molecule has 0 heterocycles. The molecule has 21 heavy (non-hydrogen) atoms. The Kier molecular flexibility index (Phi) is 7.87. The molecule has 0 aliphatic heterocycles. The van der Waals surface area contributed by atoms with Gasteiger partial charge in [0.2, 0.25) is 5.78 Å². The quantitative estimate of drug-likeness (QED) is 0.433. The molecule has 0 N–H and O–H groups in total. The largest absolute Gasteiger partial charge is 0.288 e. The van der Waals surface area contributed by atoms with Crippen LogP contribution in [0.15, 0.2) is 49.2 Å². The summed E-state index contributed by atoms with van der Waals surface area (Å²) in [5.41, 5.74) is 4.98. The lowest BCUT2D eigenvalue weighted by Gasteiger charge is -2.14. The van der Waals surface area contributed by atoms with Crippen molar-refractivity contribution >= 4 is 56.5 Å². The molecular formula is C18H20I2O. The second kappa shape index (κ2) is 8.88. The topological polar surface area (TPSA) is 17.1 Å². The third-order valence-electron chi connectivity index (χ3n) is 3.23. The fourth-order valence-electron chi connectivity index (χ4n) is 2.13. The van der Waals surface area contributed by atoms with E-state index in [9.17, 15) is 4.79 Å². The van der Waals surface area contributed by atoms with Crippen molar-refractivity contribution in [1.29, 1.82) is 0 Å². The molecule has 112 valence electrons. The average Bonchev–Trinajstić information content (AvgIpc) is 2.53. The standard InChI is InChI=1S/C16H14I2O.C2H6/c1-3-11-6-4-5-7-13(11)10(2)12-8-14(17)16(19)15(18)9-12;1-2/h4-9H,3H2,1-2H3;1-2H3. The van der Waals surface area contributed by atoms with Crippen LogP contribution in [0.1, 0.15) is 38.8 Å². The summed E-state index contributed by atoms with van der Waals surface area (Å²) in [7, 11) is 0. The maximum absolute atomic E-state index is 11.8. The first-order valence-electron chi connectivity index (χ1n) is 7.12. The minimum absolute atomic E-state index is 0.126. The second-order valence-corrected chi connectivity index (χ2v) is 6.73. The van der Waals surface area contributed by atoms with Gasteiger partial charge >= 0.3 is 0 Å². The normalized spacial score (nSPS) is 14.0. The summed E-state index contributed by atoms with van der Waals surface area (Å²) in [6.07, 6.45) is 4.97. The molecule has 1 nitrogen and oxygen atoms in total. The third kappa shape index (κ3) is 4.52. The van der Waals surface area contributed by atoms with E-state index in [4.69, 9.17) is 0 Å². The zero-order valence-corrected chi connectivity index (χ0v) is 17.2. The lowest BCUT2D eigenvalue weighted by atomic mass is 9.93. The predicted octanol–water partition coefficient (Wildman–Crippen LogP) is 6.27. The van der Waals surface area contributed by atoms with E-state index in [-0.39, 0.29) is 5.78 Å². The van der Waals surface area contributed by atoms with Crippen LogP contribution < -0.4 is 0 Å². The third-order valence-corrected chi connectivity index (χ3v) is 4.84. The molecule has 0 bridgehead atoms. The van der Waals surface area contributed by atoms with Crippen LogP contribution in [0.25, 0.3) is 5.57 Å². The Balaban J connectivity index is 0.00000106. The summed E-state index contributed by atoms with van der Waals surface area (Å²) < 4.78 is 1.57. The number of ketones is 1. The van der Waals surface area contributed by atoms with Gasteiger partial charge in [0.25, 0.3) is 0 Å². The Hall–Kier alpha value is -0.430. The van der Waals surface area contributed by atoms with Crippen molar-refractivity contribution in [3.05, 3.63) is 60.3 Å². The molecule has 1 aromatic rings. The molecule has 1 aromatic carbocycles. The fourth-order valence-corrected chi connectivity index (χ4v) is 3.89. The highest BCUT2D eigenvalue weighted by Gasteiger charge is 2.17. The molecule has 0 unspecified atom stereocenters. The summed E-state index contributed by atoms with van der Waals surface area (Å²) in [4.78, 5) is 11.8. The summed E-state index contributed by atoms with van der Waals surface area (Å²) in [5, 5.41) is 0. The zero-order chi connectivity index (χ0) is 16.0. The van der Waals surface area contributed by atoms with E-state index >= 15 is 0 Å². The highest BCUT2D eigenvalue weighted by Crippen LogP contribution is 2.32. The molecule has 0 spiro atoms. The number of rotatable bonds is 2. The molecule has 2 rings (SSSR count). The number of hydrogen-bond donors (Lipinski definition) is 0. The molecule has 0 saturated heterocycles. The first-order chi connectivity index (χ1) is 10.0. The fraction of sp³-hybridized carbons (Fsp3) is 0.278. The number of hydrogen-bond acceptors (Lipinski definition) is 1. The summed E-state index contributed by atoms with van der Waals surface area (Å²) in [6, 6.07) is 8.45. The maximum atomic E-state index is 11.8. The van der Waals surface area contributed by atoms with E-state index in [1.54, 1.807) is 0 Å². The van der Waals surface area contributed by atoms with Gasteiger partial charge in [-0.2, -0.15) is 0 Å². The van der Waals surface area contributed by atoms with Crippen molar-refractivity contribution < 1.29 is 4.79 Å². The first-order valence-corrected chi connectivity index (χ1v) is 9.28. The minimum atomic E-state index is 0.126. The van der Waals surface area contributed by atoms with Gasteiger partial charge in [0.15, 0.2) is 0 Å². The van der Waals surface area contributed by atoms with Crippen molar-refractivity contribution in [2.45, 2.75) is 34.1 Å². The van der Waals surface area contributed by atoms with Crippen LogP contribution in [0.5, 0.6) is 0 Å². The maximum Gasteiger partial charge on any atom is 0.205 e. The van der Waals surface area contributed by atoms with Crippen LogP contribution >= 0.6 is 45.2 Å². The van der Waals surface area contributed by atoms with E-state index in [0.717, 1.165) is 19.2 Å². The van der Waals surface area contributed by atoms with Gasteiger partial charge in [0, 0.05) is 0 Å². The SMILES string of the molecule is CC.CCc1ccccc1C(C)=C1C=C(I)C(=O)C(I)=C1. The van der Waals surface area contributed by atoms with Gasteiger partial charge in [0.05, 0.1) is 7.16 Å². The molecule has 1 aliphatic carbocycles. The van der Waals surface area contributed by atoms with Gasteiger partial charge in [0.1, 0.15) is 0 Å². The van der Waals surface area contributed by atoms with E-state index in [2.05, 4.69) is 83.3 Å². The van der Waals surface area contributed by atoms with E-state index in [0.29, 0.717) is 0 Å². The summed E-state index contributed by atoms with van der Waals surface area (Å²) in [5.74, 6) is 0.126. The van der Waals surface area contributed by atoms with E-state index in [1.165, 1.54) is 16.7 Å². The lowest BCUT2D eigenvalue weighted by Crippen LogP contribution is -2.03. The molecule has 0 saturated carbocycles. The molecule has 0 atom stereocenters. The van der Waals surface area contributed by atoms with E-state index in [1.807, 2.05) is 26.0 Å². The molecule has 0 fully saturated rings. The Bertz CT molecular complexity index is 598. The first kappa shape index (κ1) is 18.6. The predicted molar refractivity (Wildman–Crippen MR) is 109 cm³/mol. The van der Waals surface area contributed by atoms with Gasteiger partial charge < -0.3 is 0 Å². The van der Waals surface area contributed by atoms with Gasteiger partial charge in [-0.25, -0.2) is 0 Å². The minimum Gasteiger partial charge on any atom is -0.288 e. The second-order valence-electron chi connectivity index (χ2n) is 4.40. The lowest BCUT2D eigenvalue weighted by molar-refractivity contribution is -0.110. The molecule has 0 amide bonds. The van der Waals surface area contributed by atoms with Crippen LogP contribution in [0.3, 0.4) is 0 Å². The zero-order valence-electron chi connectivity index (χ0n) is 12.8. The monoisotopic (exact) mass is 506 g/mol. The van der Waals surface area contributed by atoms with Crippen LogP contribution in [0, 0.1) is 0 Å². The number of benzene rings is 1. The van der Waals surface area contributed by atoms with Crippen LogP contribution in [-0.2, 0) is 11.2 Å². The number of allylic oxidation sites excluding steroid dienone is 6. The van der Waals surface area contributed by atoms with Crippen molar-refractivity contribution in [2.75, 3.05) is 0 Å². The van der Waals surface area contributed by atoms with Crippen molar-refractivity contribution in [3.63, 3.8) is 0 Å². The van der Waals surface area contributed by atoms with Crippen molar-refractivity contribution in [1.82, 2.24) is 0 Å².